The number of nitrogens with zero attached hydrogens (tertiary/aromatic N) is 1. The molecule has 1 atom stereocenters. The van der Waals surface area contributed by atoms with Gasteiger partial charge in [-0.3, -0.25) is 0 Å². The van der Waals surface area contributed by atoms with Crippen LogP contribution in [0, 0.1) is 0 Å². The smallest absolute Gasteiger partial charge is 0.317 e. The van der Waals surface area contributed by atoms with E-state index in [1.165, 1.54) is 7.05 Å². The lowest BCUT2D eigenvalue weighted by Gasteiger charge is -2.21. The van der Waals surface area contributed by atoms with Gasteiger partial charge in [-0.25, -0.2) is 13.6 Å². The first kappa shape index (κ1) is 16.2. The van der Waals surface area contributed by atoms with E-state index < -0.39 is 19.0 Å². The summed E-state index contributed by atoms with van der Waals surface area (Å²) in [6.45, 7) is 3.65. The standard InChI is InChI=1S/C14H20F2N2O2/c1-4-20-12-7-5-6-11(8-12)10(2)17-14(19)18(3)9-13(15)16/h5-8,10,13H,4,9H2,1-3H3,(H,17,19). The molecule has 1 aromatic carbocycles. The van der Waals surface area contributed by atoms with Gasteiger partial charge in [0.05, 0.1) is 19.2 Å². The Morgan fingerprint density at radius 1 is 1.45 bits per heavy atom. The van der Waals surface area contributed by atoms with Gasteiger partial charge in [-0.15, -0.1) is 0 Å². The Morgan fingerprint density at radius 2 is 2.15 bits per heavy atom. The van der Waals surface area contributed by atoms with Crippen LogP contribution < -0.4 is 10.1 Å². The topological polar surface area (TPSA) is 41.6 Å². The molecule has 0 aliphatic heterocycles. The number of ether oxygens (including phenoxy) is 1. The summed E-state index contributed by atoms with van der Waals surface area (Å²) in [5.74, 6) is 0.715. The molecule has 0 saturated carbocycles. The molecule has 0 aromatic heterocycles. The summed E-state index contributed by atoms with van der Waals surface area (Å²) >= 11 is 0. The number of rotatable bonds is 6. The van der Waals surface area contributed by atoms with Crippen molar-refractivity contribution in [1.82, 2.24) is 10.2 Å². The van der Waals surface area contributed by atoms with Crippen LogP contribution in [-0.4, -0.2) is 37.6 Å². The van der Waals surface area contributed by atoms with Crippen molar-refractivity contribution in [3.8, 4) is 5.75 Å². The van der Waals surface area contributed by atoms with Crippen molar-refractivity contribution in [3.05, 3.63) is 29.8 Å². The molecule has 0 fully saturated rings. The van der Waals surface area contributed by atoms with Gasteiger partial charge in [-0.1, -0.05) is 12.1 Å². The summed E-state index contributed by atoms with van der Waals surface area (Å²) in [7, 11) is 1.34. The Labute approximate surface area is 117 Å². The van der Waals surface area contributed by atoms with Gasteiger partial charge in [-0.05, 0) is 31.5 Å². The lowest BCUT2D eigenvalue weighted by molar-refractivity contribution is 0.107. The average molecular weight is 286 g/mol. The molecule has 0 saturated heterocycles. The van der Waals surface area contributed by atoms with Crippen LogP contribution in [0.4, 0.5) is 13.6 Å². The van der Waals surface area contributed by atoms with Gasteiger partial charge in [0, 0.05) is 7.05 Å². The van der Waals surface area contributed by atoms with Crippen molar-refractivity contribution >= 4 is 6.03 Å². The first-order valence-corrected chi connectivity index (χ1v) is 6.46. The summed E-state index contributed by atoms with van der Waals surface area (Å²) in [4.78, 5) is 12.7. The van der Waals surface area contributed by atoms with Crippen molar-refractivity contribution < 1.29 is 18.3 Å². The lowest BCUT2D eigenvalue weighted by atomic mass is 10.1. The third-order valence-corrected chi connectivity index (χ3v) is 2.77. The third-order valence-electron chi connectivity index (χ3n) is 2.77. The minimum absolute atomic E-state index is 0.289. The maximum absolute atomic E-state index is 12.2. The predicted molar refractivity (Wildman–Crippen MR) is 73.2 cm³/mol. The average Bonchev–Trinajstić information content (AvgIpc) is 2.38. The first-order chi connectivity index (χ1) is 9.43. The molecule has 112 valence electrons. The Bertz CT molecular complexity index is 441. The molecule has 1 unspecified atom stereocenters. The summed E-state index contributed by atoms with van der Waals surface area (Å²) in [5.41, 5.74) is 0.856. The number of hydrogen-bond donors (Lipinski definition) is 1. The van der Waals surface area contributed by atoms with Crippen molar-refractivity contribution in [2.24, 2.45) is 0 Å². The highest BCUT2D eigenvalue weighted by Gasteiger charge is 2.16. The molecule has 6 heteroatoms. The molecule has 0 heterocycles. The molecule has 1 rings (SSSR count). The normalized spacial score (nSPS) is 12.1. The SMILES string of the molecule is CCOc1cccc(C(C)NC(=O)N(C)CC(F)F)c1. The number of carbonyl (C=O) groups excluding carboxylic acids is 1. The fourth-order valence-corrected chi connectivity index (χ4v) is 1.71. The Hall–Kier alpha value is -1.85. The molecule has 1 aromatic rings. The van der Waals surface area contributed by atoms with Gasteiger partial charge in [-0.2, -0.15) is 0 Å². The van der Waals surface area contributed by atoms with Crippen molar-refractivity contribution in [2.45, 2.75) is 26.3 Å². The molecule has 0 aliphatic rings. The zero-order valence-electron chi connectivity index (χ0n) is 11.9. The van der Waals surface area contributed by atoms with Gasteiger partial charge in [0.1, 0.15) is 5.75 Å². The number of carbonyl (C=O) groups is 1. The minimum atomic E-state index is -2.54. The maximum Gasteiger partial charge on any atom is 0.317 e. The van der Waals surface area contributed by atoms with Crippen LogP contribution in [0.5, 0.6) is 5.75 Å². The molecule has 20 heavy (non-hydrogen) atoms. The number of urea groups is 1. The Morgan fingerprint density at radius 3 is 2.75 bits per heavy atom. The van der Waals surface area contributed by atoms with Gasteiger partial charge < -0.3 is 15.0 Å². The van der Waals surface area contributed by atoms with E-state index in [1.807, 2.05) is 31.2 Å². The van der Waals surface area contributed by atoms with Crippen LogP contribution in [0.15, 0.2) is 24.3 Å². The van der Waals surface area contributed by atoms with Crippen LogP contribution in [0.3, 0.4) is 0 Å². The van der Waals surface area contributed by atoms with Crippen LogP contribution in [0.1, 0.15) is 25.5 Å². The van der Waals surface area contributed by atoms with Crippen LogP contribution in [-0.2, 0) is 0 Å². The number of amides is 2. The maximum atomic E-state index is 12.2. The monoisotopic (exact) mass is 286 g/mol. The van der Waals surface area contributed by atoms with E-state index in [2.05, 4.69) is 5.32 Å². The second-order valence-electron chi connectivity index (χ2n) is 4.45. The second-order valence-corrected chi connectivity index (χ2v) is 4.45. The largest absolute Gasteiger partial charge is 0.494 e. The highest BCUT2D eigenvalue weighted by molar-refractivity contribution is 5.74. The van der Waals surface area contributed by atoms with Crippen molar-refractivity contribution in [2.75, 3.05) is 20.2 Å². The Kier molecular flexibility index (Phi) is 6.21. The zero-order valence-corrected chi connectivity index (χ0v) is 11.9. The van der Waals surface area contributed by atoms with Crippen LogP contribution in [0.2, 0.25) is 0 Å². The highest BCUT2D eigenvalue weighted by atomic mass is 19.3. The molecule has 1 N–H and O–H groups in total. The summed E-state index contributed by atoms with van der Waals surface area (Å²) in [6, 6.07) is 6.50. The summed E-state index contributed by atoms with van der Waals surface area (Å²) < 4.78 is 29.8. The lowest BCUT2D eigenvalue weighted by Crippen LogP contribution is -2.40. The third kappa shape index (κ3) is 5.03. The molecule has 0 radical (unpaired) electrons. The molecule has 0 aliphatic carbocycles. The van der Waals surface area contributed by atoms with E-state index in [0.29, 0.717) is 12.4 Å². The second kappa shape index (κ2) is 7.67. The van der Waals surface area contributed by atoms with Crippen LogP contribution >= 0.6 is 0 Å². The molecule has 2 amide bonds. The summed E-state index contributed by atoms with van der Waals surface area (Å²) in [6.07, 6.45) is -2.54. The highest BCUT2D eigenvalue weighted by Crippen LogP contribution is 2.19. The van der Waals surface area contributed by atoms with E-state index in [9.17, 15) is 13.6 Å². The first-order valence-electron chi connectivity index (χ1n) is 6.46. The molecular weight excluding hydrogens is 266 g/mol. The number of hydrogen-bond acceptors (Lipinski definition) is 2. The van der Waals surface area contributed by atoms with Crippen molar-refractivity contribution in [1.29, 1.82) is 0 Å². The molecule has 4 nitrogen and oxygen atoms in total. The molecule has 0 bridgehead atoms. The fourth-order valence-electron chi connectivity index (χ4n) is 1.71. The van der Waals surface area contributed by atoms with Crippen molar-refractivity contribution in [3.63, 3.8) is 0 Å². The predicted octanol–water partition coefficient (Wildman–Crippen LogP) is 3.05. The van der Waals surface area contributed by atoms with Gasteiger partial charge >= 0.3 is 6.03 Å². The number of nitrogens with one attached hydrogen (secondary N) is 1. The quantitative estimate of drug-likeness (QED) is 0.873. The van der Waals surface area contributed by atoms with E-state index >= 15 is 0 Å². The van der Waals surface area contributed by atoms with E-state index in [4.69, 9.17) is 4.74 Å². The van der Waals surface area contributed by atoms with Gasteiger partial charge in [0.2, 0.25) is 0 Å². The zero-order chi connectivity index (χ0) is 15.1. The number of halogens is 2. The van der Waals surface area contributed by atoms with E-state index in [0.717, 1.165) is 10.5 Å². The molecule has 0 spiro atoms. The molecular formula is C14H20F2N2O2. The fraction of sp³-hybridized carbons (Fsp3) is 0.500. The van der Waals surface area contributed by atoms with E-state index in [-0.39, 0.29) is 6.04 Å². The van der Waals surface area contributed by atoms with E-state index in [1.54, 1.807) is 6.92 Å². The Balaban J connectivity index is 2.63. The number of alkyl halides is 2. The van der Waals surface area contributed by atoms with Gasteiger partial charge in [0.25, 0.3) is 6.43 Å². The number of benzene rings is 1. The van der Waals surface area contributed by atoms with Crippen LogP contribution in [0.25, 0.3) is 0 Å². The van der Waals surface area contributed by atoms with Gasteiger partial charge in [0.15, 0.2) is 0 Å². The minimum Gasteiger partial charge on any atom is -0.494 e. The summed E-state index contributed by atoms with van der Waals surface area (Å²) in [5, 5.41) is 2.67.